The highest BCUT2D eigenvalue weighted by Crippen LogP contribution is 2.23. The van der Waals surface area contributed by atoms with E-state index in [9.17, 15) is 0 Å². The molecule has 3 rings (SSSR count). The Hall–Kier alpha value is -1.67. The molecule has 0 aliphatic carbocycles. The van der Waals surface area contributed by atoms with E-state index < -0.39 is 0 Å². The van der Waals surface area contributed by atoms with Crippen molar-refractivity contribution in [1.82, 2.24) is 4.98 Å². The van der Waals surface area contributed by atoms with Crippen molar-refractivity contribution in [3.63, 3.8) is 0 Å². The molecule has 1 heterocycles. The molecule has 82 valence electrons. The summed E-state index contributed by atoms with van der Waals surface area (Å²) in [6.45, 7) is 0. The number of para-hydroxylation sites is 1. The van der Waals surface area contributed by atoms with Crippen LogP contribution in [-0.4, -0.2) is 4.98 Å². The van der Waals surface area contributed by atoms with Crippen molar-refractivity contribution in [2.24, 2.45) is 0 Å². The summed E-state index contributed by atoms with van der Waals surface area (Å²) in [5, 5.41) is 1.17. The third kappa shape index (κ3) is 2.08. The Balaban J connectivity index is 2.18. The summed E-state index contributed by atoms with van der Waals surface area (Å²) < 4.78 is 1.07. The SMILES string of the molecule is Brc1cccc(-c2ccc3ccccc3n2)c1. The summed E-state index contributed by atoms with van der Waals surface area (Å²) >= 11 is 3.48. The number of aromatic nitrogens is 1. The van der Waals surface area contributed by atoms with Crippen molar-refractivity contribution in [2.75, 3.05) is 0 Å². The van der Waals surface area contributed by atoms with E-state index in [1.807, 2.05) is 30.3 Å². The normalized spacial score (nSPS) is 10.6. The van der Waals surface area contributed by atoms with Crippen molar-refractivity contribution >= 4 is 26.8 Å². The van der Waals surface area contributed by atoms with Gasteiger partial charge in [-0.3, -0.25) is 0 Å². The molecule has 17 heavy (non-hydrogen) atoms. The zero-order chi connectivity index (χ0) is 11.7. The average molecular weight is 284 g/mol. The zero-order valence-electron chi connectivity index (χ0n) is 9.10. The summed E-state index contributed by atoms with van der Waals surface area (Å²) in [6, 6.07) is 20.5. The van der Waals surface area contributed by atoms with Crippen LogP contribution >= 0.6 is 15.9 Å². The fourth-order valence-corrected chi connectivity index (χ4v) is 2.27. The lowest BCUT2D eigenvalue weighted by molar-refractivity contribution is 1.40. The molecule has 0 unspecified atom stereocenters. The van der Waals surface area contributed by atoms with Crippen molar-refractivity contribution < 1.29 is 0 Å². The zero-order valence-corrected chi connectivity index (χ0v) is 10.7. The predicted octanol–water partition coefficient (Wildman–Crippen LogP) is 4.66. The van der Waals surface area contributed by atoms with Crippen LogP contribution in [0.2, 0.25) is 0 Å². The maximum absolute atomic E-state index is 4.67. The summed E-state index contributed by atoms with van der Waals surface area (Å²) in [4.78, 5) is 4.67. The van der Waals surface area contributed by atoms with E-state index in [2.05, 4.69) is 51.2 Å². The fraction of sp³-hybridized carbons (Fsp3) is 0. The molecule has 0 aliphatic heterocycles. The van der Waals surface area contributed by atoms with Crippen LogP contribution < -0.4 is 0 Å². The third-order valence-electron chi connectivity index (χ3n) is 2.72. The highest BCUT2D eigenvalue weighted by Gasteiger charge is 2.01. The minimum Gasteiger partial charge on any atom is -0.248 e. The minimum absolute atomic E-state index is 1.00. The molecule has 0 spiro atoms. The number of hydrogen-bond acceptors (Lipinski definition) is 1. The van der Waals surface area contributed by atoms with Crippen molar-refractivity contribution in [3.8, 4) is 11.3 Å². The van der Waals surface area contributed by atoms with Gasteiger partial charge in [-0.15, -0.1) is 0 Å². The highest BCUT2D eigenvalue weighted by atomic mass is 79.9. The number of pyridine rings is 1. The molecule has 0 aliphatic rings. The lowest BCUT2D eigenvalue weighted by Crippen LogP contribution is -1.84. The average Bonchev–Trinajstić information content (AvgIpc) is 2.38. The molecule has 0 saturated heterocycles. The Bertz CT molecular complexity index is 676. The first-order chi connectivity index (χ1) is 8.33. The molecular formula is C15H10BrN. The molecular weight excluding hydrogens is 274 g/mol. The van der Waals surface area contributed by atoms with E-state index in [4.69, 9.17) is 0 Å². The van der Waals surface area contributed by atoms with Gasteiger partial charge >= 0.3 is 0 Å². The highest BCUT2D eigenvalue weighted by molar-refractivity contribution is 9.10. The largest absolute Gasteiger partial charge is 0.248 e. The monoisotopic (exact) mass is 283 g/mol. The first-order valence-corrected chi connectivity index (χ1v) is 6.24. The molecule has 0 radical (unpaired) electrons. The smallest absolute Gasteiger partial charge is 0.0710 e. The molecule has 0 fully saturated rings. The van der Waals surface area contributed by atoms with Gasteiger partial charge in [0.05, 0.1) is 11.2 Å². The van der Waals surface area contributed by atoms with Gasteiger partial charge in [-0.1, -0.05) is 52.3 Å². The summed E-state index contributed by atoms with van der Waals surface area (Å²) in [5.41, 5.74) is 3.17. The van der Waals surface area contributed by atoms with Crippen molar-refractivity contribution in [2.45, 2.75) is 0 Å². The Morgan fingerprint density at radius 3 is 2.59 bits per heavy atom. The van der Waals surface area contributed by atoms with E-state index in [1.54, 1.807) is 0 Å². The third-order valence-corrected chi connectivity index (χ3v) is 3.21. The van der Waals surface area contributed by atoms with Gasteiger partial charge < -0.3 is 0 Å². The lowest BCUT2D eigenvalue weighted by atomic mass is 10.1. The summed E-state index contributed by atoms with van der Waals surface area (Å²) in [5.74, 6) is 0. The van der Waals surface area contributed by atoms with Gasteiger partial charge in [0.25, 0.3) is 0 Å². The first kappa shape index (κ1) is 10.5. The van der Waals surface area contributed by atoms with Crippen LogP contribution in [0.5, 0.6) is 0 Å². The van der Waals surface area contributed by atoms with Gasteiger partial charge in [0.2, 0.25) is 0 Å². The minimum atomic E-state index is 1.00. The summed E-state index contributed by atoms with van der Waals surface area (Å²) in [6.07, 6.45) is 0. The van der Waals surface area contributed by atoms with Crippen LogP contribution in [0.4, 0.5) is 0 Å². The second kappa shape index (κ2) is 4.30. The van der Waals surface area contributed by atoms with Gasteiger partial charge in [0.15, 0.2) is 0 Å². The van der Waals surface area contributed by atoms with Crippen molar-refractivity contribution in [1.29, 1.82) is 0 Å². The second-order valence-corrected chi connectivity index (χ2v) is 4.82. The standard InChI is InChI=1S/C15H10BrN/c16-13-6-3-5-12(10-13)15-9-8-11-4-1-2-7-14(11)17-15/h1-10H. The number of fused-ring (bicyclic) bond motifs is 1. The van der Waals surface area contributed by atoms with Crippen LogP contribution in [0, 0.1) is 0 Å². The Kier molecular flexibility index (Phi) is 2.65. The lowest BCUT2D eigenvalue weighted by Gasteiger charge is -2.03. The molecule has 0 atom stereocenters. The Labute approximate surface area is 108 Å². The van der Waals surface area contributed by atoms with Gasteiger partial charge in [-0.25, -0.2) is 4.98 Å². The molecule has 1 nitrogen and oxygen atoms in total. The van der Waals surface area contributed by atoms with E-state index in [0.717, 1.165) is 21.2 Å². The van der Waals surface area contributed by atoms with Crippen molar-refractivity contribution in [3.05, 3.63) is 65.1 Å². The van der Waals surface area contributed by atoms with Crippen LogP contribution in [-0.2, 0) is 0 Å². The second-order valence-electron chi connectivity index (χ2n) is 3.90. The van der Waals surface area contributed by atoms with Crippen LogP contribution in [0.3, 0.4) is 0 Å². The predicted molar refractivity (Wildman–Crippen MR) is 74.9 cm³/mol. The molecule has 0 amide bonds. The Morgan fingerprint density at radius 2 is 1.71 bits per heavy atom. The molecule has 0 bridgehead atoms. The topological polar surface area (TPSA) is 12.9 Å². The van der Waals surface area contributed by atoms with E-state index in [1.165, 1.54) is 5.39 Å². The van der Waals surface area contributed by atoms with E-state index in [0.29, 0.717) is 0 Å². The number of rotatable bonds is 1. The maximum Gasteiger partial charge on any atom is 0.0710 e. The quantitative estimate of drug-likeness (QED) is 0.633. The van der Waals surface area contributed by atoms with E-state index >= 15 is 0 Å². The molecule has 1 aromatic heterocycles. The molecule has 0 saturated carbocycles. The molecule has 2 heteroatoms. The van der Waals surface area contributed by atoms with Gasteiger partial charge in [0.1, 0.15) is 0 Å². The van der Waals surface area contributed by atoms with Crippen LogP contribution in [0.15, 0.2) is 65.1 Å². The van der Waals surface area contributed by atoms with Gasteiger partial charge in [-0.05, 0) is 24.3 Å². The fourth-order valence-electron chi connectivity index (χ4n) is 1.87. The van der Waals surface area contributed by atoms with E-state index in [-0.39, 0.29) is 0 Å². The molecule has 3 aromatic rings. The van der Waals surface area contributed by atoms with Gasteiger partial charge in [0, 0.05) is 15.4 Å². The molecule has 2 aromatic carbocycles. The maximum atomic E-state index is 4.67. The Morgan fingerprint density at radius 1 is 0.824 bits per heavy atom. The van der Waals surface area contributed by atoms with Gasteiger partial charge in [-0.2, -0.15) is 0 Å². The number of nitrogens with zero attached hydrogens (tertiary/aromatic N) is 1. The summed E-state index contributed by atoms with van der Waals surface area (Å²) in [7, 11) is 0. The number of hydrogen-bond donors (Lipinski definition) is 0. The first-order valence-electron chi connectivity index (χ1n) is 5.45. The number of benzene rings is 2. The van der Waals surface area contributed by atoms with Crippen LogP contribution in [0.25, 0.3) is 22.2 Å². The number of halogens is 1. The van der Waals surface area contributed by atoms with Crippen LogP contribution in [0.1, 0.15) is 0 Å². The molecule has 0 N–H and O–H groups in total.